The lowest BCUT2D eigenvalue weighted by molar-refractivity contribution is 1.32. The summed E-state index contributed by atoms with van der Waals surface area (Å²) in [6, 6.07) is 109. The molecule has 0 saturated carbocycles. The molecule has 2 heteroatoms. The van der Waals surface area contributed by atoms with Crippen LogP contribution in [-0.4, -0.2) is 0 Å². The molecule has 0 aliphatic carbocycles. The first-order valence-electron chi connectivity index (χ1n) is 27.7. The van der Waals surface area contributed by atoms with Crippen LogP contribution in [0.15, 0.2) is 291 Å². The van der Waals surface area contributed by atoms with Crippen LogP contribution in [-0.2, 0) is 0 Å². The maximum atomic E-state index is 2.55. The van der Waals surface area contributed by atoms with Gasteiger partial charge in [0.25, 0.3) is 0 Å². The Kier molecular flexibility index (Phi) is 9.75. The Morgan fingerprint density at radius 1 is 0.163 bits per heavy atom. The third-order valence-electron chi connectivity index (χ3n) is 17.2. The van der Waals surface area contributed by atoms with Gasteiger partial charge in [-0.3, -0.25) is 0 Å². The Morgan fingerprint density at radius 2 is 0.475 bits per heavy atom. The molecular formula is C78H48N2. The maximum Gasteiger partial charge on any atom is 0.0546 e. The van der Waals surface area contributed by atoms with Crippen molar-refractivity contribution in [3.8, 4) is 22.3 Å². The van der Waals surface area contributed by atoms with Gasteiger partial charge in [-0.2, -0.15) is 0 Å². The highest BCUT2D eigenvalue weighted by molar-refractivity contribution is 6.28. The van der Waals surface area contributed by atoms with Crippen LogP contribution in [0.2, 0.25) is 0 Å². The highest BCUT2D eigenvalue weighted by Gasteiger charge is 2.27. The van der Waals surface area contributed by atoms with Gasteiger partial charge in [0.05, 0.1) is 34.1 Å². The molecule has 17 aromatic carbocycles. The molecule has 0 N–H and O–H groups in total. The average molecular weight is 1010 g/mol. The van der Waals surface area contributed by atoms with Crippen molar-refractivity contribution in [3.05, 3.63) is 291 Å². The Hall–Kier alpha value is -10.5. The molecule has 0 aliphatic rings. The van der Waals surface area contributed by atoms with E-state index in [0.717, 1.165) is 56.4 Å². The third kappa shape index (κ3) is 6.73. The summed E-state index contributed by atoms with van der Waals surface area (Å²) in [5.74, 6) is 0. The largest absolute Gasteiger partial charge is 0.309 e. The predicted molar refractivity (Wildman–Crippen MR) is 344 cm³/mol. The zero-order valence-electron chi connectivity index (χ0n) is 43.6. The van der Waals surface area contributed by atoms with Crippen LogP contribution in [0.25, 0.3) is 130 Å². The van der Waals surface area contributed by atoms with Gasteiger partial charge in [0.15, 0.2) is 0 Å². The molecule has 0 spiro atoms. The summed E-state index contributed by atoms with van der Waals surface area (Å²) >= 11 is 0. The van der Waals surface area contributed by atoms with Gasteiger partial charge >= 0.3 is 0 Å². The van der Waals surface area contributed by atoms with Gasteiger partial charge in [-0.15, -0.1) is 0 Å². The lowest BCUT2D eigenvalue weighted by Crippen LogP contribution is -2.13. The highest BCUT2D eigenvalue weighted by Crippen LogP contribution is 2.53. The van der Waals surface area contributed by atoms with E-state index in [1.54, 1.807) is 0 Å². The molecule has 0 aliphatic heterocycles. The van der Waals surface area contributed by atoms with Crippen LogP contribution < -0.4 is 9.80 Å². The topological polar surface area (TPSA) is 6.48 Å². The van der Waals surface area contributed by atoms with E-state index in [-0.39, 0.29) is 0 Å². The molecule has 0 atom stereocenters. The molecule has 0 saturated heterocycles. The van der Waals surface area contributed by atoms with Crippen molar-refractivity contribution in [3.63, 3.8) is 0 Å². The number of benzene rings is 17. The van der Waals surface area contributed by atoms with Gasteiger partial charge in [0.1, 0.15) is 0 Å². The quantitative estimate of drug-likeness (QED) is 0.140. The van der Waals surface area contributed by atoms with E-state index in [2.05, 4.69) is 301 Å². The van der Waals surface area contributed by atoms with Crippen LogP contribution in [0.5, 0.6) is 0 Å². The summed E-state index contributed by atoms with van der Waals surface area (Å²) in [5, 5.41) is 24.7. The summed E-state index contributed by atoms with van der Waals surface area (Å²) in [7, 11) is 0. The normalized spacial score (nSPS) is 12.0. The van der Waals surface area contributed by atoms with Gasteiger partial charge < -0.3 is 9.80 Å². The van der Waals surface area contributed by atoms with Crippen molar-refractivity contribution >= 4 is 142 Å². The Balaban J connectivity index is 0.961. The first kappa shape index (κ1) is 44.6. The summed E-state index contributed by atoms with van der Waals surface area (Å²) < 4.78 is 0. The van der Waals surface area contributed by atoms with Gasteiger partial charge in [0.2, 0.25) is 0 Å². The average Bonchev–Trinajstić information content (AvgIpc) is 3.67. The van der Waals surface area contributed by atoms with E-state index < -0.39 is 0 Å². The van der Waals surface area contributed by atoms with Gasteiger partial charge in [-0.1, -0.05) is 243 Å². The number of hydrogen-bond donors (Lipinski definition) is 0. The molecule has 370 valence electrons. The van der Waals surface area contributed by atoms with Crippen molar-refractivity contribution in [1.29, 1.82) is 0 Å². The minimum absolute atomic E-state index is 1.12. The summed E-state index contributed by atoms with van der Waals surface area (Å²) in [6.07, 6.45) is 0. The third-order valence-corrected chi connectivity index (χ3v) is 17.2. The van der Waals surface area contributed by atoms with Gasteiger partial charge in [0, 0.05) is 32.7 Å². The lowest BCUT2D eigenvalue weighted by atomic mass is 9.90. The molecule has 17 aromatic rings. The van der Waals surface area contributed by atoms with E-state index in [9.17, 15) is 0 Å². The molecule has 80 heavy (non-hydrogen) atoms. The molecule has 0 bridgehead atoms. The van der Waals surface area contributed by atoms with Crippen LogP contribution in [0.3, 0.4) is 0 Å². The van der Waals surface area contributed by atoms with Gasteiger partial charge in [-0.05, 0) is 146 Å². The Labute approximate surface area is 462 Å². The summed E-state index contributed by atoms with van der Waals surface area (Å²) in [6.45, 7) is 0. The van der Waals surface area contributed by atoms with Crippen LogP contribution in [0, 0.1) is 0 Å². The maximum absolute atomic E-state index is 2.55. The molecular weight excluding hydrogens is 965 g/mol. The lowest BCUT2D eigenvalue weighted by Gasteiger charge is -2.32. The second-order valence-electron chi connectivity index (χ2n) is 21.5. The first-order valence-corrected chi connectivity index (χ1v) is 27.7. The van der Waals surface area contributed by atoms with Crippen molar-refractivity contribution < 1.29 is 0 Å². The minimum Gasteiger partial charge on any atom is -0.309 e. The molecule has 0 radical (unpaired) electrons. The second-order valence-corrected chi connectivity index (χ2v) is 21.5. The Morgan fingerprint density at radius 3 is 0.912 bits per heavy atom. The van der Waals surface area contributed by atoms with E-state index in [0.29, 0.717) is 0 Å². The number of rotatable bonds is 8. The SMILES string of the molecule is c1ccc(-c2cc3c(ccc4cc(N(c5cccc6ccccc56)c5ccc6ccc7cccc8ccc5c6c78)c(-c5ccccc5)cc43)cc2N(c2cccc3ccccc23)c2ccc3ccc4cccc5ccc2c3c45)cc1. The number of anilines is 6. The van der Waals surface area contributed by atoms with Crippen molar-refractivity contribution in [1.82, 2.24) is 0 Å². The fourth-order valence-corrected chi connectivity index (χ4v) is 13.6. The number of fused-ring (bicyclic) bond motifs is 5. The van der Waals surface area contributed by atoms with E-state index in [1.165, 1.54) is 108 Å². The Bertz CT molecular complexity index is 4940. The second kappa shape index (κ2) is 17.5. The zero-order chi connectivity index (χ0) is 52.4. The standard InChI is InChI=1S/C78H48N2/c1-3-15-51(16-4-1)67-47-65-59(45-73(67)79(69-29-13-21-49-19-7-9-27-61(49)69)71-43-39-57-33-31-53-23-11-25-55-37-41-63(71)77(57)75(53)55)35-36-60-46-74(68(48-66(60)65)52-17-5-2-6-18-52)80(70-30-14-22-50-20-8-10-28-62(50)70)72-44-40-58-34-32-54-24-12-26-56-38-42-64(72)78(58)76(54)56/h1-48H. The van der Waals surface area contributed by atoms with E-state index in [1.807, 2.05) is 0 Å². The van der Waals surface area contributed by atoms with E-state index >= 15 is 0 Å². The molecule has 0 aromatic heterocycles. The highest BCUT2D eigenvalue weighted by atomic mass is 15.2. The number of nitrogens with zero attached hydrogens (tertiary/aromatic N) is 2. The molecule has 17 rings (SSSR count). The zero-order valence-corrected chi connectivity index (χ0v) is 43.6. The molecule has 0 heterocycles. The fourth-order valence-electron chi connectivity index (χ4n) is 13.6. The summed E-state index contributed by atoms with van der Waals surface area (Å²) in [5.41, 5.74) is 11.4. The smallest absolute Gasteiger partial charge is 0.0546 e. The van der Waals surface area contributed by atoms with Crippen LogP contribution >= 0.6 is 0 Å². The van der Waals surface area contributed by atoms with Crippen LogP contribution in [0.4, 0.5) is 34.1 Å². The molecule has 2 nitrogen and oxygen atoms in total. The first-order chi connectivity index (χ1) is 39.7. The van der Waals surface area contributed by atoms with Gasteiger partial charge in [-0.25, -0.2) is 0 Å². The van der Waals surface area contributed by atoms with Crippen LogP contribution in [0.1, 0.15) is 0 Å². The number of hydrogen-bond acceptors (Lipinski definition) is 2. The predicted octanol–water partition coefficient (Wildman–Crippen LogP) is 22.4. The van der Waals surface area contributed by atoms with Crippen molar-refractivity contribution in [2.75, 3.05) is 9.80 Å². The van der Waals surface area contributed by atoms with Crippen molar-refractivity contribution in [2.45, 2.75) is 0 Å². The van der Waals surface area contributed by atoms with Crippen molar-refractivity contribution in [2.24, 2.45) is 0 Å². The monoisotopic (exact) mass is 1010 g/mol. The summed E-state index contributed by atoms with van der Waals surface area (Å²) in [4.78, 5) is 5.11. The molecule has 0 fully saturated rings. The minimum atomic E-state index is 1.12. The molecule has 0 unspecified atom stereocenters. The molecule has 0 amide bonds. The van der Waals surface area contributed by atoms with E-state index in [4.69, 9.17) is 0 Å². The fraction of sp³-hybridized carbons (Fsp3) is 0.